The Morgan fingerprint density at radius 1 is 1.08 bits per heavy atom. The molecule has 26 heavy (non-hydrogen) atoms. The van der Waals surface area contributed by atoms with Gasteiger partial charge >= 0.3 is 5.97 Å². The normalized spacial score (nSPS) is 21.1. The molecule has 1 aliphatic rings. The molecule has 2 N–H and O–H groups in total. The number of carbonyl (C=O) groups is 1. The highest BCUT2D eigenvalue weighted by molar-refractivity contribution is 5.70. The van der Waals surface area contributed by atoms with Crippen LogP contribution in [0, 0.1) is 11.7 Å². The maximum atomic E-state index is 13.8. The molecular weight excluding hydrogens is 333 g/mol. The molecule has 138 valence electrons. The van der Waals surface area contributed by atoms with E-state index in [0.717, 1.165) is 18.4 Å². The lowest BCUT2D eigenvalue weighted by molar-refractivity contribution is -0.142. The van der Waals surface area contributed by atoms with E-state index in [2.05, 4.69) is 5.32 Å². The molecule has 2 aromatic carbocycles. The molecule has 1 fully saturated rings. The zero-order chi connectivity index (χ0) is 18.4. The lowest BCUT2D eigenvalue weighted by Gasteiger charge is -2.31. The molecule has 1 unspecified atom stereocenters. The summed E-state index contributed by atoms with van der Waals surface area (Å²) in [5.74, 6) is -1.07. The first-order chi connectivity index (χ1) is 12.6. The Kier molecular flexibility index (Phi) is 6.23. The number of rotatable bonds is 7. The van der Waals surface area contributed by atoms with Crippen molar-refractivity contribution in [1.29, 1.82) is 0 Å². The van der Waals surface area contributed by atoms with Crippen LogP contribution in [-0.4, -0.2) is 23.7 Å². The number of hydrogen-bond donors (Lipinski definition) is 2. The molecule has 2 aromatic rings. The lowest BCUT2D eigenvalue weighted by Crippen LogP contribution is -2.39. The molecule has 0 heterocycles. The fourth-order valence-corrected chi connectivity index (χ4v) is 3.45. The second kappa shape index (κ2) is 8.81. The fraction of sp³-hybridized carbons (Fsp3) is 0.381. The van der Waals surface area contributed by atoms with Gasteiger partial charge in [0.2, 0.25) is 0 Å². The van der Waals surface area contributed by atoms with Crippen molar-refractivity contribution in [3.63, 3.8) is 0 Å². The van der Waals surface area contributed by atoms with Gasteiger partial charge in [0.05, 0.1) is 12.0 Å². The highest BCUT2D eigenvalue weighted by Crippen LogP contribution is 2.27. The summed E-state index contributed by atoms with van der Waals surface area (Å²) in [6.07, 6.45) is 3.01. The Balaban J connectivity index is 1.65. The van der Waals surface area contributed by atoms with Gasteiger partial charge in [0.1, 0.15) is 6.61 Å². The standard InChI is InChI=1S/C21H24FNO3/c22-18-8-4-5-9-20(18)26-14-19(15-6-2-1-3-7-15)23-17-12-10-16(11-13-17)21(24)25/h1-9,16-17,19,23H,10-14H2,(H,24,25). The highest BCUT2D eigenvalue weighted by Gasteiger charge is 2.27. The quantitative estimate of drug-likeness (QED) is 0.780. The zero-order valence-electron chi connectivity index (χ0n) is 14.6. The number of nitrogens with one attached hydrogen (secondary N) is 1. The van der Waals surface area contributed by atoms with Crippen LogP contribution in [0.15, 0.2) is 54.6 Å². The molecule has 0 aromatic heterocycles. The summed E-state index contributed by atoms with van der Waals surface area (Å²) in [6, 6.07) is 16.5. The highest BCUT2D eigenvalue weighted by atomic mass is 19.1. The molecule has 1 atom stereocenters. The van der Waals surface area contributed by atoms with Crippen molar-refractivity contribution in [3.05, 3.63) is 66.0 Å². The maximum absolute atomic E-state index is 13.8. The second-order valence-corrected chi connectivity index (χ2v) is 6.76. The largest absolute Gasteiger partial charge is 0.489 e. The first-order valence-corrected chi connectivity index (χ1v) is 9.04. The summed E-state index contributed by atoms with van der Waals surface area (Å²) in [4.78, 5) is 11.1. The molecule has 3 rings (SSSR count). The van der Waals surface area contributed by atoms with E-state index in [4.69, 9.17) is 9.84 Å². The number of carboxylic acid groups (broad SMARTS) is 1. The van der Waals surface area contributed by atoms with E-state index in [1.54, 1.807) is 18.2 Å². The van der Waals surface area contributed by atoms with Crippen LogP contribution in [0.2, 0.25) is 0 Å². The van der Waals surface area contributed by atoms with Gasteiger partial charge in [0.25, 0.3) is 0 Å². The number of para-hydroxylation sites is 1. The molecule has 0 amide bonds. The van der Waals surface area contributed by atoms with E-state index >= 15 is 0 Å². The van der Waals surface area contributed by atoms with Gasteiger partial charge in [-0.1, -0.05) is 42.5 Å². The molecule has 0 aliphatic heterocycles. The van der Waals surface area contributed by atoms with Crippen LogP contribution in [-0.2, 0) is 4.79 Å². The van der Waals surface area contributed by atoms with Gasteiger partial charge in [-0.3, -0.25) is 4.79 Å². The summed E-state index contributed by atoms with van der Waals surface area (Å²) in [7, 11) is 0. The van der Waals surface area contributed by atoms with Crippen LogP contribution in [0.5, 0.6) is 5.75 Å². The van der Waals surface area contributed by atoms with Crippen molar-refractivity contribution in [3.8, 4) is 5.75 Å². The number of aliphatic carboxylic acids is 1. The topological polar surface area (TPSA) is 58.6 Å². The first kappa shape index (κ1) is 18.4. The number of carboxylic acids is 1. The van der Waals surface area contributed by atoms with Gasteiger partial charge in [-0.15, -0.1) is 0 Å². The van der Waals surface area contributed by atoms with Crippen LogP contribution >= 0.6 is 0 Å². The van der Waals surface area contributed by atoms with Gasteiger partial charge < -0.3 is 15.2 Å². The molecule has 1 aliphatic carbocycles. The van der Waals surface area contributed by atoms with Crippen molar-refractivity contribution in [2.75, 3.05) is 6.61 Å². The predicted molar refractivity (Wildman–Crippen MR) is 97.6 cm³/mol. The van der Waals surface area contributed by atoms with E-state index in [0.29, 0.717) is 19.4 Å². The minimum Gasteiger partial charge on any atom is -0.489 e. The SMILES string of the molecule is O=C(O)C1CCC(NC(COc2ccccc2F)c2ccccc2)CC1. The minimum absolute atomic E-state index is 0.0813. The number of ether oxygens (including phenoxy) is 1. The van der Waals surface area contributed by atoms with Crippen LogP contribution in [0.3, 0.4) is 0 Å². The molecule has 0 bridgehead atoms. The summed E-state index contributed by atoms with van der Waals surface area (Å²) >= 11 is 0. The predicted octanol–water partition coefficient (Wildman–Crippen LogP) is 4.18. The Morgan fingerprint density at radius 2 is 1.73 bits per heavy atom. The summed E-state index contributed by atoms with van der Waals surface area (Å²) in [5, 5.41) is 12.7. The smallest absolute Gasteiger partial charge is 0.306 e. The van der Waals surface area contributed by atoms with E-state index in [9.17, 15) is 9.18 Å². The Morgan fingerprint density at radius 3 is 2.38 bits per heavy atom. The number of hydrogen-bond acceptors (Lipinski definition) is 3. The Labute approximate surface area is 153 Å². The van der Waals surface area contributed by atoms with E-state index < -0.39 is 5.97 Å². The van der Waals surface area contributed by atoms with E-state index in [-0.39, 0.29) is 29.6 Å². The third kappa shape index (κ3) is 4.82. The summed E-state index contributed by atoms with van der Waals surface area (Å²) < 4.78 is 19.5. The average Bonchev–Trinajstić information content (AvgIpc) is 2.67. The van der Waals surface area contributed by atoms with Crippen LogP contribution < -0.4 is 10.1 Å². The Hall–Kier alpha value is -2.40. The molecule has 4 nitrogen and oxygen atoms in total. The molecule has 5 heteroatoms. The van der Waals surface area contributed by atoms with Crippen LogP contribution in [0.1, 0.15) is 37.3 Å². The van der Waals surface area contributed by atoms with Crippen molar-refractivity contribution < 1.29 is 19.0 Å². The zero-order valence-corrected chi connectivity index (χ0v) is 14.6. The maximum Gasteiger partial charge on any atom is 0.306 e. The average molecular weight is 357 g/mol. The first-order valence-electron chi connectivity index (χ1n) is 9.04. The van der Waals surface area contributed by atoms with Gasteiger partial charge in [-0.2, -0.15) is 0 Å². The van der Waals surface area contributed by atoms with Gasteiger partial charge in [-0.25, -0.2) is 4.39 Å². The van der Waals surface area contributed by atoms with Crippen LogP contribution in [0.4, 0.5) is 4.39 Å². The number of benzene rings is 2. The molecule has 0 spiro atoms. The van der Waals surface area contributed by atoms with Crippen molar-refractivity contribution in [2.24, 2.45) is 5.92 Å². The van der Waals surface area contributed by atoms with Gasteiger partial charge in [0, 0.05) is 6.04 Å². The Bertz CT molecular complexity index is 714. The van der Waals surface area contributed by atoms with E-state index in [1.807, 2.05) is 30.3 Å². The van der Waals surface area contributed by atoms with Gasteiger partial charge in [-0.05, 0) is 43.4 Å². The second-order valence-electron chi connectivity index (χ2n) is 6.76. The van der Waals surface area contributed by atoms with Crippen molar-refractivity contribution in [2.45, 2.75) is 37.8 Å². The summed E-state index contributed by atoms with van der Waals surface area (Å²) in [6.45, 7) is 0.309. The van der Waals surface area contributed by atoms with Crippen LogP contribution in [0.25, 0.3) is 0 Å². The van der Waals surface area contributed by atoms with E-state index in [1.165, 1.54) is 6.07 Å². The van der Waals surface area contributed by atoms with Gasteiger partial charge in [0.15, 0.2) is 11.6 Å². The monoisotopic (exact) mass is 357 g/mol. The van der Waals surface area contributed by atoms with Crippen molar-refractivity contribution >= 4 is 5.97 Å². The third-order valence-electron chi connectivity index (χ3n) is 4.96. The lowest BCUT2D eigenvalue weighted by atomic mass is 9.85. The molecule has 1 saturated carbocycles. The molecule has 0 saturated heterocycles. The third-order valence-corrected chi connectivity index (χ3v) is 4.96. The summed E-state index contributed by atoms with van der Waals surface area (Å²) in [5.41, 5.74) is 1.07. The van der Waals surface area contributed by atoms with Crippen molar-refractivity contribution in [1.82, 2.24) is 5.32 Å². The molecular formula is C21H24FNO3. The number of halogens is 1. The fourth-order valence-electron chi connectivity index (χ4n) is 3.45. The molecule has 0 radical (unpaired) electrons. The minimum atomic E-state index is -0.703.